The molecule has 1 saturated heterocycles. The van der Waals surface area contributed by atoms with Crippen LogP contribution in [-0.2, 0) is 11.2 Å². The van der Waals surface area contributed by atoms with Crippen molar-refractivity contribution in [2.75, 3.05) is 24.3 Å². The molecule has 0 aliphatic carbocycles. The number of thioether (sulfide) groups is 1. The fourth-order valence-corrected chi connectivity index (χ4v) is 5.22. The van der Waals surface area contributed by atoms with E-state index < -0.39 is 5.82 Å². The lowest BCUT2D eigenvalue weighted by molar-refractivity contribution is -0.115. The van der Waals surface area contributed by atoms with Gasteiger partial charge >= 0.3 is 0 Å². The summed E-state index contributed by atoms with van der Waals surface area (Å²) in [6, 6.07) is 22.1. The number of rotatable bonds is 9. The Balaban J connectivity index is 1.41. The molecule has 7 heteroatoms. The van der Waals surface area contributed by atoms with Gasteiger partial charge in [-0.15, -0.1) is 11.8 Å². The van der Waals surface area contributed by atoms with Crippen LogP contribution in [0, 0.1) is 5.82 Å². The molecule has 1 heterocycles. The van der Waals surface area contributed by atoms with E-state index in [0.29, 0.717) is 17.8 Å². The zero-order valence-electron chi connectivity index (χ0n) is 19.0. The quantitative estimate of drug-likeness (QED) is 0.421. The van der Waals surface area contributed by atoms with E-state index in [4.69, 9.17) is 4.74 Å². The maximum absolute atomic E-state index is 14.3. The highest BCUT2D eigenvalue weighted by atomic mass is 32.2. The zero-order valence-corrected chi connectivity index (χ0v) is 19.8. The number of carbonyl (C=O) groups excluding carboxylic acids is 2. The third-order valence-electron chi connectivity index (χ3n) is 5.73. The van der Waals surface area contributed by atoms with Gasteiger partial charge in [0.15, 0.2) is 11.6 Å². The number of carbonyl (C=O) groups is 2. The standard InChI is InChI=1S/C27H27FN2O3S/c1-33-25-22(28)14-8-15-23(25)30-24(31)18-34-27(30)21-13-7-12-20(17-21)26(32)29-16-6-5-11-19-9-3-2-4-10-19/h2-4,7-10,12-15,17,27H,5-6,11,16,18H2,1H3,(H,29,32). The van der Waals surface area contributed by atoms with Gasteiger partial charge in [0.2, 0.25) is 5.91 Å². The summed E-state index contributed by atoms with van der Waals surface area (Å²) in [6.07, 6.45) is 2.87. The Morgan fingerprint density at radius 2 is 1.88 bits per heavy atom. The Bertz CT molecular complexity index is 1160. The number of nitrogens with one attached hydrogen (secondary N) is 1. The van der Waals surface area contributed by atoms with Gasteiger partial charge in [0.25, 0.3) is 5.91 Å². The van der Waals surface area contributed by atoms with E-state index in [0.717, 1.165) is 24.8 Å². The van der Waals surface area contributed by atoms with Crippen molar-refractivity contribution in [1.82, 2.24) is 5.32 Å². The van der Waals surface area contributed by atoms with Crippen LogP contribution in [0.25, 0.3) is 0 Å². The smallest absolute Gasteiger partial charge is 0.251 e. The summed E-state index contributed by atoms with van der Waals surface area (Å²) in [4.78, 5) is 27.0. The first kappa shape index (κ1) is 23.8. The summed E-state index contributed by atoms with van der Waals surface area (Å²) >= 11 is 1.44. The van der Waals surface area contributed by atoms with Crippen LogP contribution in [0.1, 0.15) is 39.7 Å². The van der Waals surface area contributed by atoms with Crippen LogP contribution in [0.4, 0.5) is 10.1 Å². The van der Waals surface area contributed by atoms with Crippen molar-refractivity contribution in [1.29, 1.82) is 0 Å². The maximum atomic E-state index is 14.3. The molecule has 1 aliphatic rings. The van der Waals surface area contributed by atoms with E-state index in [1.54, 1.807) is 29.2 Å². The molecular weight excluding hydrogens is 451 g/mol. The summed E-state index contributed by atoms with van der Waals surface area (Å²) in [6.45, 7) is 0.596. The van der Waals surface area contributed by atoms with Crippen LogP contribution >= 0.6 is 11.8 Å². The Kier molecular flexibility index (Phi) is 7.85. The third kappa shape index (κ3) is 5.42. The number of halogens is 1. The van der Waals surface area contributed by atoms with Crippen molar-refractivity contribution in [3.63, 3.8) is 0 Å². The molecule has 5 nitrogen and oxygen atoms in total. The normalized spacial score (nSPS) is 15.4. The molecule has 4 rings (SSSR count). The number of ether oxygens (including phenoxy) is 1. The second-order valence-electron chi connectivity index (χ2n) is 8.04. The molecular formula is C27H27FN2O3S. The molecule has 1 fully saturated rings. The van der Waals surface area contributed by atoms with Crippen LogP contribution in [0.15, 0.2) is 72.8 Å². The molecule has 3 aromatic rings. The average Bonchev–Trinajstić information content (AvgIpc) is 3.25. The number of hydrogen-bond donors (Lipinski definition) is 1. The van der Waals surface area contributed by atoms with E-state index >= 15 is 0 Å². The Hall–Kier alpha value is -3.32. The lowest BCUT2D eigenvalue weighted by Crippen LogP contribution is -2.29. The summed E-state index contributed by atoms with van der Waals surface area (Å²) in [7, 11) is 1.38. The first-order chi connectivity index (χ1) is 16.6. The van der Waals surface area contributed by atoms with E-state index in [1.807, 2.05) is 30.3 Å². The fraction of sp³-hybridized carbons (Fsp3) is 0.259. The number of unbranched alkanes of at least 4 members (excludes halogenated alkanes) is 1. The molecule has 0 spiro atoms. The number of nitrogens with zero attached hydrogens (tertiary/aromatic N) is 1. The highest BCUT2D eigenvalue weighted by Gasteiger charge is 2.36. The van der Waals surface area contributed by atoms with Gasteiger partial charge in [-0.1, -0.05) is 48.5 Å². The first-order valence-corrected chi connectivity index (χ1v) is 12.3. The average molecular weight is 479 g/mol. The minimum Gasteiger partial charge on any atom is -0.492 e. The molecule has 1 aliphatic heterocycles. The molecule has 1 unspecified atom stereocenters. The van der Waals surface area contributed by atoms with Crippen LogP contribution in [-0.4, -0.2) is 31.2 Å². The van der Waals surface area contributed by atoms with Gasteiger partial charge in [0.05, 0.1) is 18.6 Å². The van der Waals surface area contributed by atoms with Crippen molar-refractivity contribution < 1.29 is 18.7 Å². The number of para-hydroxylation sites is 1. The van der Waals surface area contributed by atoms with Gasteiger partial charge in [0.1, 0.15) is 5.37 Å². The Morgan fingerprint density at radius 3 is 2.68 bits per heavy atom. The van der Waals surface area contributed by atoms with Gasteiger partial charge in [0, 0.05) is 12.1 Å². The Labute approximate surface area is 203 Å². The van der Waals surface area contributed by atoms with Crippen LogP contribution in [0.5, 0.6) is 5.75 Å². The topological polar surface area (TPSA) is 58.6 Å². The van der Waals surface area contributed by atoms with Crippen LogP contribution in [0.3, 0.4) is 0 Å². The summed E-state index contributed by atoms with van der Waals surface area (Å²) in [5, 5.41) is 2.61. The SMILES string of the molecule is COc1c(F)cccc1N1C(=O)CSC1c1cccc(C(=O)NCCCCc2ccccc2)c1. The van der Waals surface area contributed by atoms with E-state index in [2.05, 4.69) is 17.4 Å². The predicted molar refractivity (Wildman–Crippen MR) is 134 cm³/mol. The van der Waals surface area contributed by atoms with Gasteiger partial charge in [-0.3, -0.25) is 14.5 Å². The van der Waals surface area contributed by atoms with Crippen LogP contribution < -0.4 is 15.0 Å². The number of amides is 2. The van der Waals surface area contributed by atoms with E-state index in [-0.39, 0.29) is 28.7 Å². The molecule has 1 N–H and O–H groups in total. The van der Waals surface area contributed by atoms with Crippen molar-refractivity contribution in [3.05, 3.63) is 95.3 Å². The highest BCUT2D eigenvalue weighted by Crippen LogP contribution is 2.45. The highest BCUT2D eigenvalue weighted by molar-refractivity contribution is 8.00. The van der Waals surface area contributed by atoms with Crippen molar-refractivity contribution in [2.45, 2.75) is 24.6 Å². The van der Waals surface area contributed by atoms with E-state index in [1.165, 1.54) is 30.5 Å². The molecule has 2 amide bonds. The predicted octanol–water partition coefficient (Wildman–Crippen LogP) is 5.37. The zero-order chi connectivity index (χ0) is 23.9. The number of methoxy groups -OCH3 is 1. The lowest BCUT2D eigenvalue weighted by Gasteiger charge is -2.26. The summed E-state index contributed by atoms with van der Waals surface area (Å²) in [5.41, 5.74) is 3.02. The summed E-state index contributed by atoms with van der Waals surface area (Å²) in [5.74, 6) is -0.503. The van der Waals surface area contributed by atoms with Crippen LogP contribution in [0.2, 0.25) is 0 Å². The molecule has 176 valence electrons. The maximum Gasteiger partial charge on any atom is 0.251 e. The number of anilines is 1. The minimum atomic E-state index is -0.524. The molecule has 3 aromatic carbocycles. The molecule has 0 bridgehead atoms. The first-order valence-electron chi connectivity index (χ1n) is 11.3. The number of aryl methyl sites for hydroxylation is 1. The van der Waals surface area contributed by atoms with Gasteiger partial charge in [-0.2, -0.15) is 0 Å². The van der Waals surface area contributed by atoms with Crippen molar-refractivity contribution in [3.8, 4) is 5.75 Å². The minimum absolute atomic E-state index is 0.0350. The molecule has 0 saturated carbocycles. The Morgan fingerprint density at radius 1 is 1.09 bits per heavy atom. The lowest BCUT2D eigenvalue weighted by atomic mass is 10.1. The summed E-state index contributed by atoms with van der Waals surface area (Å²) < 4.78 is 19.5. The molecule has 0 radical (unpaired) electrons. The van der Waals surface area contributed by atoms with Gasteiger partial charge < -0.3 is 10.1 Å². The third-order valence-corrected chi connectivity index (χ3v) is 6.94. The molecule has 1 atom stereocenters. The fourth-order valence-electron chi connectivity index (χ4n) is 4.06. The van der Waals surface area contributed by atoms with Gasteiger partial charge in [-0.25, -0.2) is 4.39 Å². The number of benzene rings is 3. The molecule has 34 heavy (non-hydrogen) atoms. The van der Waals surface area contributed by atoms with Crippen molar-refractivity contribution >= 4 is 29.3 Å². The second kappa shape index (κ2) is 11.2. The largest absolute Gasteiger partial charge is 0.492 e. The van der Waals surface area contributed by atoms with E-state index in [9.17, 15) is 14.0 Å². The number of hydrogen-bond acceptors (Lipinski definition) is 4. The molecule has 0 aromatic heterocycles. The second-order valence-corrected chi connectivity index (χ2v) is 9.11. The van der Waals surface area contributed by atoms with Gasteiger partial charge in [-0.05, 0) is 54.7 Å². The van der Waals surface area contributed by atoms with Crippen molar-refractivity contribution in [2.24, 2.45) is 0 Å². The monoisotopic (exact) mass is 478 g/mol.